The van der Waals surface area contributed by atoms with Crippen LogP contribution < -0.4 is 5.32 Å². The van der Waals surface area contributed by atoms with Crippen molar-refractivity contribution in [1.82, 2.24) is 5.32 Å². The van der Waals surface area contributed by atoms with E-state index >= 15 is 0 Å². The third kappa shape index (κ3) is 5.77. The Morgan fingerprint density at radius 2 is 1.95 bits per heavy atom. The highest BCUT2D eigenvalue weighted by Crippen LogP contribution is 2.17. The number of sulfone groups is 1. The Hall–Kier alpha value is -1.40. The Morgan fingerprint density at radius 1 is 1.27 bits per heavy atom. The number of hydrogen-bond donors (Lipinski definition) is 1. The average molecular weight is 327 g/mol. The van der Waals surface area contributed by atoms with E-state index in [1.807, 2.05) is 13.8 Å². The van der Waals surface area contributed by atoms with Gasteiger partial charge in [0.1, 0.15) is 0 Å². The van der Waals surface area contributed by atoms with Crippen molar-refractivity contribution in [2.75, 3.05) is 18.9 Å². The first-order chi connectivity index (χ1) is 10.4. The van der Waals surface area contributed by atoms with Gasteiger partial charge in [0.25, 0.3) is 5.91 Å². The first-order valence-electron chi connectivity index (χ1n) is 7.60. The maximum atomic E-state index is 12.2. The van der Waals surface area contributed by atoms with Crippen molar-refractivity contribution in [2.45, 2.75) is 44.6 Å². The lowest BCUT2D eigenvalue weighted by Crippen LogP contribution is -2.27. The number of carbonyl (C=O) groups excluding carboxylic acids is 1. The Labute approximate surface area is 133 Å². The van der Waals surface area contributed by atoms with Crippen molar-refractivity contribution < 1.29 is 17.9 Å². The van der Waals surface area contributed by atoms with Crippen LogP contribution in [0.4, 0.5) is 0 Å². The zero-order chi connectivity index (χ0) is 16.6. The SMILES string of the molecule is CCCS(=O)(=O)c1ccccc1C(=O)NCCCOC(C)C. The minimum atomic E-state index is -3.42. The Balaban J connectivity index is 2.70. The van der Waals surface area contributed by atoms with Crippen LogP contribution >= 0.6 is 0 Å². The van der Waals surface area contributed by atoms with Gasteiger partial charge in [-0.1, -0.05) is 19.1 Å². The summed E-state index contributed by atoms with van der Waals surface area (Å²) in [5.74, 6) is -0.320. The maximum absolute atomic E-state index is 12.2. The molecule has 0 heterocycles. The van der Waals surface area contributed by atoms with E-state index in [-0.39, 0.29) is 28.2 Å². The second-order valence-corrected chi connectivity index (χ2v) is 7.42. The molecule has 1 rings (SSSR count). The molecular formula is C16H25NO4S. The lowest BCUT2D eigenvalue weighted by Gasteiger charge is -2.11. The van der Waals surface area contributed by atoms with Crippen LogP contribution in [0.1, 0.15) is 44.0 Å². The van der Waals surface area contributed by atoms with E-state index in [1.54, 1.807) is 25.1 Å². The second-order valence-electron chi connectivity index (χ2n) is 5.34. The second kappa shape index (κ2) is 8.90. The summed E-state index contributed by atoms with van der Waals surface area (Å²) >= 11 is 0. The van der Waals surface area contributed by atoms with Gasteiger partial charge >= 0.3 is 0 Å². The van der Waals surface area contributed by atoms with Crippen LogP contribution in [-0.4, -0.2) is 39.3 Å². The Kier molecular flexibility index (Phi) is 7.55. The topological polar surface area (TPSA) is 72.5 Å². The molecule has 5 nitrogen and oxygen atoms in total. The average Bonchev–Trinajstić information content (AvgIpc) is 2.46. The van der Waals surface area contributed by atoms with E-state index in [9.17, 15) is 13.2 Å². The highest BCUT2D eigenvalue weighted by molar-refractivity contribution is 7.91. The van der Waals surface area contributed by atoms with Gasteiger partial charge in [0, 0.05) is 13.2 Å². The standard InChI is InChI=1S/C16H25NO4S/c1-4-12-22(19,20)15-9-6-5-8-14(15)16(18)17-10-7-11-21-13(2)3/h5-6,8-9,13H,4,7,10-12H2,1-3H3,(H,17,18). The molecule has 0 fully saturated rings. The lowest BCUT2D eigenvalue weighted by atomic mass is 10.2. The summed E-state index contributed by atoms with van der Waals surface area (Å²) in [6.45, 7) is 6.72. The molecule has 0 saturated carbocycles. The molecule has 1 amide bonds. The molecule has 0 spiro atoms. The van der Waals surface area contributed by atoms with Crippen molar-refractivity contribution >= 4 is 15.7 Å². The molecule has 6 heteroatoms. The quantitative estimate of drug-likeness (QED) is 0.707. The summed E-state index contributed by atoms with van der Waals surface area (Å²) in [6.07, 6.45) is 1.37. The predicted molar refractivity (Wildman–Crippen MR) is 86.8 cm³/mol. The molecule has 0 aliphatic rings. The van der Waals surface area contributed by atoms with E-state index in [0.717, 1.165) is 0 Å². The van der Waals surface area contributed by atoms with Crippen molar-refractivity contribution in [3.63, 3.8) is 0 Å². The number of hydrogen-bond acceptors (Lipinski definition) is 4. The third-order valence-corrected chi connectivity index (χ3v) is 4.97. The summed E-state index contributed by atoms with van der Waals surface area (Å²) in [7, 11) is -3.42. The van der Waals surface area contributed by atoms with Crippen molar-refractivity contribution in [2.24, 2.45) is 0 Å². The first kappa shape index (κ1) is 18.6. The minimum Gasteiger partial charge on any atom is -0.379 e. The smallest absolute Gasteiger partial charge is 0.252 e. The molecule has 0 atom stereocenters. The number of amides is 1. The van der Waals surface area contributed by atoms with Crippen LogP contribution in [0.15, 0.2) is 29.2 Å². The fraction of sp³-hybridized carbons (Fsp3) is 0.562. The fourth-order valence-electron chi connectivity index (χ4n) is 1.99. The monoisotopic (exact) mass is 327 g/mol. The Morgan fingerprint density at radius 3 is 2.59 bits per heavy atom. The van der Waals surface area contributed by atoms with Gasteiger partial charge in [-0.25, -0.2) is 8.42 Å². The third-order valence-electron chi connectivity index (χ3n) is 3.00. The van der Waals surface area contributed by atoms with Gasteiger partial charge in [-0.15, -0.1) is 0 Å². The molecule has 0 aliphatic carbocycles. The molecule has 1 aromatic carbocycles. The van der Waals surface area contributed by atoms with Gasteiger partial charge in [-0.2, -0.15) is 0 Å². The molecule has 124 valence electrons. The number of rotatable bonds is 9. The number of benzene rings is 1. The molecule has 0 aliphatic heterocycles. The molecule has 0 unspecified atom stereocenters. The van der Waals surface area contributed by atoms with Crippen molar-refractivity contribution in [1.29, 1.82) is 0 Å². The molecule has 22 heavy (non-hydrogen) atoms. The van der Waals surface area contributed by atoms with Gasteiger partial charge in [-0.3, -0.25) is 4.79 Å². The molecule has 0 aromatic heterocycles. The van der Waals surface area contributed by atoms with E-state index < -0.39 is 9.84 Å². The number of carbonyl (C=O) groups is 1. The highest BCUT2D eigenvalue weighted by Gasteiger charge is 2.20. The highest BCUT2D eigenvalue weighted by atomic mass is 32.2. The minimum absolute atomic E-state index is 0.0412. The number of nitrogens with one attached hydrogen (secondary N) is 1. The summed E-state index contributed by atoms with van der Waals surface area (Å²) in [4.78, 5) is 12.3. The van der Waals surface area contributed by atoms with Crippen LogP contribution in [0, 0.1) is 0 Å². The van der Waals surface area contributed by atoms with Crippen LogP contribution in [-0.2, 0) is 14.6 Å². The normalized spacial score (nSPS) is 11.6. The van der Waals surface area contributed by atoms with Crippen molar-refractivity contribution in [3.8, 4) is 0 Å². The van der Waals surface area contributed by atoms with E-state index in [1.165, 1.54) is 6.07 Å². The van der Waals surface area contributed by atoms with Gasteiger partial charge in [0.15, 0.2) is 9.84 Å². The fourth-order valence-corrected chi connectivity index (χ4v) is 3.53. The van der Waals surface area contributed by atoms with Crippen LogP contribution in [0.5, 0.6) is 0 Å². The van der Waals surface area contributed by atoms with Crippen LogP contribution in [0.2, 0.25) is 0 Å². The molecule has 0 saturated heterocycles. The molecule has 1 aromatic rings. The lowest BCUT2D eigenvalue weighted by molar-refractivity contribution is 0.0756. The summed E-state index contributed by atoms with van der Waals surface area (Å²) in [5.41, 5.74) is 0.209. The summed E-state index contributed by atoms with van der Waals surface area (Å²) in [5, 5.41) is 2.74. The van der Waals surface area contributed by atoms with Gasteiger partial charge in [0.05, 0.1) is 22.3 Å². The van der Waals surface area contributed by atoms with Gasteiger partial charge in [0.2, 0.25) is 0 Å². The van der Waals surface area contributed by atoms with Crippen LogP contribution in [0.25, 0.3) is 0 Å². The first-order valence-corrected chi connectivity index (χ1v) is 9.25. The molecule has 0 radical (unpaired) electrons. The van der Waals surface area contributed by atoms with E-state index in [4.69, 9.17) is 4.74 Å². The molecular weight excluding hydrogens is 302 g/mol. The van der Waals surface area contributed by atoms with Gasteiger partial charge < -0.3 is 10.1 Å². The van der Waals surface area contributed by atoms with Crippen molar-refractivity contribution in [3.05, 3.63) is 29.8 Å². The molecule has 1 N–H and O–H groups in total. The number of ether oxygens (including phenoxy) is 1. The molecule has 0 bridgehead atoms. The summed E-state index contributed by atoms with van der Waals surface area (Å²) < 4.78 is 29.8. The summed E-state index contributed by atoms with van der Waals surface area (Å²) in [6, 6.07) is 6.34. The van der Waals surface area contributed by atoms with E-state index in [2.05, 4.69) is 5.32 Å². The predicted octanol–water partition coefficient (Wildman–Crippen LogP) is 2.42. The Bertz CT molecular complexity index is 582. The largest absolute Gasteiger partial charge is 0.379 e. The zero-order valence-corrected chi connectivity index (χ0v) is 14.3. The maximum Gasteiger partial charge on any atom is 0.252 e. The zero-order valence-electron chi connectivity index (χ0n) is 13.5. The van der Waals surface area contributed by atoms with Gasteiger partial charge in [-0.05, 0) is 38.8 Å². The van der Waals surface area contributed by atoms with Crippen LogP contribution in [0.3, 0.4) is 0 Å². The van der Waals surface area contributed by atoms with E-state index in [0.29, 0.717) is 26.0 Å².